The molecule has 2 unspecified atom stereocenters. The van der Waals surface area contributed by atoms with E-state index in [9.17, 15) is 19.7 Å². The van der Waals surface area contributed by atoms with Gasteiger partial charge in [-0.1, -0.05) is 30.3 Å². The van der Waals surface area contributed by atoms with Crippen LogP contribution in [0, 0.1) is 16.0 Å². The number of anilines is 2. The van der Waals surface area contributed by atoms with Crippen molar-refractivity contribution in [3.05, 3.63) is 64.7 Å². The van der Waals surface area contributed by atoms with E-state index in [1.807, 2.05) is 30.3 Å². The zero-order valence-electron chi connectivity index (χ0n) is 15.1. The van der Waals surface area contributed by atoms with Gasteiger partial charge in [-0.25, -0.2) is 0 Å². The monoisotopic (exact) mass is 433 g/mol. The summed E-state index contributed by atoms with van der Waals surface area (Å²) in [6.45, 7) is 0. The summed E-state index contributed by atoms with van der Waals surface area (Å²) in [7, 11) is 0. The van der Waals surface area contributed by atoms with E-state index in [2.05, 4.69) is 34.1 Å². The molecule has 2 rings (SSSR count). The topological polar surface area (TPSA) is 125 Å². The number of para-hydroxylation sites is 3. The Labute approximate surface area is 177 Å². The van der Waals surface area contributed by atoms with Gasteiger partial charge >= 0.3 is 0 Å². The molecule has 9 nitrogen and oxygen atoms in total. The quantitative estimate of drug-likeness (QED) is 0.107. The van der Waals surface area contributed by atoms with Crippen molar-refractivity contribution in [1.29, 1.82) is 0 Å². The van der Waals surface area contributed by atoms with Crippen molar-refractivity contribution >= 4 is 59.2 Å². The Balaban J connectivity index is 1.84. The van der Waals surface area contributed by atoms with Crippen LogP contribution in [-0.2, 0) is 9.59 Å². The van der Waals surface area contributed by atoms with E-state index in [1.54, 1.807) is 6.07 Å². The van der Waals surface area contributed by atoms with Crippen LogP contribution in [0.15, 0.2) is 54.6 Å². The summed E-state index contributed by atoms with van der Waals surface area (Å²) in [6.07, 6.45) is 0.510. The Morgan fingerprint density at radius 2 is 1.79 bits per heavy atom. The molecule has 0 spiro atoms. The average Bonchev–Trinajstić information content (AvgIpc) is 2.71. The zero-order valence-corrected chi connectivity index (χ0v) is 16.8. The Kier molecular flexibility index (Phi) is 8.37. The fourth-order valence-electron chi connectivity index (χ4n) is 2.33. The van der Waals surface area contributed by atoms with Crippen LogP contribution in [0.1, 0.15) is 6.42 Å². The minimum absolute atomic E-state index is 0.0415. The Morgan fingerprint density at radius 3 is 2.45 bits per heavy atom. The molecule has 2 aromatic carbocycles. The lowest BCUT2D eigenvalue weighted by Gasteiger charge is -2.20. The molecule has 2 aromatic rings. The molecule has 11 heteroatoms. The molecular formula is C18H19N5O4S2. The highest BCUT2D eigenvalue weighted by atomic mass is 32.1. The van der Waals surface area contributed by atoms with Crippen LogP contribution in [0.2, 0.25) is 0 Å². The number of amides is 1. The number of nitro groups is 1. The third kappa shape index (κ3) is 7.05. The van der Waals surface area contributed by atoms with Gasteiger partial charge in [0.25, 0.3) is 5.69 Å². The number of hydrazine groups is 1. The van der Waals surface area contributed by atoms with E-state index in [0.29, 0.717) is 6.29 Å². The van der Waals surface area contributed by atoms with Crippen LogP contribution < -0.4 is 21.5 Å². The van der Waals surface area contributed by atoms with Gasteiger partial charge in [0.05, 0.1) is 16.2 Å². The van der Waals surface area contributed by atoms with E-state index in [-0.39, 0.29) is 22.9 Å². The lowest BCUT2D eigenvalue weighted by atomic mass is 10.1. The molecule has 0 aromatic heterocycles. The van der Waals surface area contributed by atoms with E-state index >= 15 is 0 Å². The lowest BCUT2D eigenvalue weighted by molar-refractivity contribution is -0.383. The molecule has 152 valence electrons. The Hall–Kier alpha value is -3.18. The highest BCUT2D eigenvalue weighted by Crippen LogP contribution is 2.22. The molecular weight excluding hydrogens is 414 g/mol. The van der Waals surface area contributed by atoms with Crippen LogP contribution in [0.4, 0.5) is 17.1 Å². The van der Waals surface area contributed by atoms with Crippen molar-refractivity contribution in [2.75, 3.05) is 10.6 Å². The molecule has 2 atom stereocenters. The van der Waals surface area contributed by atoms with Gasteiger partial charge in [0.15, 0.2) is 5.11 Å². The number of benzene rings is 2. The molecule has 0 fully saturated rings. The first-order chi connectivity index (χ1) is 13.9. The fourth-order valence-corrected chi connectivity index (χ4v) is 2.82. The van der Waals surface area contributed by atoms with Gasteiger partial charge in [-0.2, -0.15) is 12.6 Å². The number of nitro benzene ring substituents is 1. The summed E-state index contributed by atoms with van der Waals surface area (Å²) in [5, 5.41) is 16.1. The summed E-state index contributed by atoms with van der Waals surface area (Å²) in [6, 6.07) is 15.1. The van der Waals surface area contributed by atoms with Crippen molar-refractivity contribution in [3.63, 3.8) is 0 Å². The van der Waals surface area contributed by atoms with Crippen LogP contribution in [-0.4, -0.2) is 27.6 Å². The Morgan fingerprint density at radius 1 is 1.14 bits per heavy atom. The van der Waals surface area contributed by atoms with Crippen molar-refractivity contribution < 1.29 is 14.5 Å². The molecule has 0 saturated heterocycles. The number of rotatable bonds is 8. The molecule has 0 saturated carbocycles. The smallest absolute Gasteiger partial charge is 0.292 e. The van der Waals surface area contributed by atoms with Crippen molar-refractivity contribution in [3.8, 4) is 0 Å². The van der Waals surface area contributed by atoms with Gasteiger partial charge in [0.2, 0.25) is 5.91 Å². The second-order valence-corrected chi connectivity index (χ2v) is 6.83. The predicted molar refractivity (Wildman–Crippen MR) is 118 cm³/mol. The molecule has 4 N–H and O–H groups in total. The van der Waals surface area contributed by atoms with Crippen molar-refractivity contribution in [2.45, 2.75) is 11.8 Å². The van der Waals surface area contributed by atoms with Crippen molar-refractivity contribution in [2.24, 2.45) is 5.92 Å². The number of carbonyl (C=O) groups is 2. The lowest BCUT2D eigenvalue weighted by Crippen LogP contribution is -2.45. The molecule has 0 radical (unpaired) electrons. The molecule has 0 bridgehead atoms. The Bertz CT molecular complexity index is 882. The third-order valence-corrected chi connectivity index (χ3v) is 4.47. The van der Waals surface area contributed by atoms with Crippen LogP contribution >= 0.6 is 24.8 Å². The minimum Gasteiger partial charge on any atom is -0.373 e. The van der Waals surface area contributed by atoms with Crippen LogP contribution in [0.25, 0.3) is 0 Å². The minimum atomic E-state index is -0.697. The second-order valence-electron chi connectivity index (χ2n) is 5.86. The van der Waals surface area contributed by atoms with Crippen LogP contribution in [0.5, 0.6) is 0 Å². The molecule has 29 heavy (non-hydrogen) atoms. The number of nitrogens with one attached hydrogen (secondary N) is 4. The molecule has 1 amide bonds. The number of carbonyl (C=O) groups excluding carboxylic acids is 2. The molecule has 0 heterocycles. The molecule has 0 aliphatic heterocycles. The predicted octanol–water partition coefficient (Wildman–Crippen LogP) is 2.49. The number of hydrogen-bond acceptors (Lipinski definition) is 7. The number of thiol groups is 1. The summed E-state index contributed by atoms with van der Waals surface area (Å²) >= 11 is 9.38. The maximum absolute atomic E-state index is 12.1. The van der Waals surface area contributed by atoms with Crippen molar-refractivity contribution in [1.82, 2.24) is 10.9 Å². The maximum Gasteiger partial charge on any atom is 0.292 e. The summed E-state index contributed by atoms with van der Waals surface area (Å²) in [5.41, 5.74) is 5.59. The van der Waals surface area contributed by atoms with Gasteiger partial charge in [0, 0.05) is 18.2 Å². The highest BCUT2D eigenvalue weighted by molar-refractivity contribution is 7.81. The highest BCUT2D eigenvalue weighted by Gasteiger charge is 2.21. The summed E-state index contributed by atoms with van der Waals surface area (Å²) in [5.74, 6) is -1.19. The van der Waals surface area contributed by atoms with Gasteiger partial charge in [-0.05, 0) is 30.4 Å². The molecule has 0 aliphatic carbocycles. The van der Waals surface area contributed by atoms with Gasteiger partial charge in [-0.15, -0.1) is 0 Å². The maximum atomic E-state index is 12.1. The largest absolute Gasteiger partial charge is 0.373 e. The fraction of sp³-hybridized carbons (Fsp3) is 0.167. The number of aldehydes is 1. The standard InChI is InChI=1S/C18H19N5O4S2/c24-11-12(17(28)19-13-6-2-1-3-7-13)10-16(25)21-22-18(29)20-14-8-4-5-9-15(14)23(26)27/h1-9,11-12,17,19,28H,10H2,(H,21,25)(H2,20,22,29). The van der Waals surface area contributed by atoms with Gasteiger partial charge < -0.3 is 15.4 Å². The summed E-state index contributed by atoms with van der Waals surface area (Å²) < 4.78 is 0. The normalized spacial score (nSPS) is 12.2. The van der Waals surface area contributed by atoms with Gasteiger partial charge in [0.1, 0.15) is 12.0 Å². The summed E-state index contributed by atoms with van der Waals surface area (Å²) in [4.78, 5) is 33.9. The zero-order chi connectivity index (χ0) is 21.2. The van der Waals surface area contributed by atoms with E-state index < -0.39 is 22.1 Å². The van der Waals surface area contributed by atoms with E-state index in [1.165, 1.54) is 18.2 Å². The second kappa shape index (κ2) is 11.0. The molecule has 0 aliphatic rings. The number of thiocarbonyl (C=S) groups is 1. The first-order valence-electron chi connectivity index (χ1n) is 8.45. The third-order valence-electron chi connectivity index (χ3n) is 3.75. The first-order valence-corrected chi connectivity index (χ1v) is 9.37. The first kappa shape index (κ1) is 22.1. The van der Waals surface area contributed by atoms with Gasteiger partial charge in [-0.3, -0.25) is 25.8 Å². The number of hydrogen-bond donors (Lipinski definition) is 5. The van der Waals surface area contributed by atoms with E-state index in [0.717, 1.165) is 5.69 Å². The average molecular weight is 434 g/mol. The van der Waals surface area contributed by atoms with E-state index in [4.69, 9.17) is 12.2 Å². The van der Waals surface area contributed by atoms with Crippen LogP contribution in [0.3, 0.4) is 0 Å². The number of nitrogens with zero attached hydrogens (tertiary/aromatic N) is 1. The SMILES string of the molecule is O=CC(CC(=O)NNC(=S)Nc1ccccc1[N+](=O)[O-])C(S)Nc1ccccc1.